The minimum atomic E-state index is -3.73. The van der Waals surface area contributed by atoms with Crippen LogP contribution in [0.5, 0.6) is 0 Å². The summed E-state index contributed by atoms with van der Waals surface area (Å²) >= 11 is 0. The first-order valence-corrected chi connectivity index (χ1v) is 12.8. The molecule has 9 heteroatoms. The standard InChI is InChI=1S/C24H29F2NO5S/c1-15-7-8-23(16-5-3-2-4-6-16)33(30,31)27(15)13-17-11-22(26)19(12-21(17)25)20-14-32-10-9-18(20)24(28)29/h2-5,11-12,15-16,18,20,23H,6-10,13-14H2,1H3,(H,28,29)/t15-,16?,18?,20?,23+/m0/s1. The maximum absolute atomic E-state index is 15.1. The fraction of sp³-hybridized carbons (Fsp3) is 0.542. The summed E-state index contributed by atoms with van der Waals surface area (Å²) in [5.41, 5.74) is -0.107. The summed E-state index contributed by atoms with van der Waals surface area (Å²) in [6, 6.07) is 1.68. The molecule has 0 spiro atoms. The van der Waals surface area contributed by atoms with Gasteiger partial charge in [-0.25, -0.2) is 17.2 Å². The molecule has 2 fully saturated rings. The van der Waals surface area contributed by atoms with Crippen molar-refractivity contribution in [2.45, 2.75) is 56.4 Å². The molecule has 3 unspecified atom stereocenters. The number of sulfonamides is 1. The largest absolute Gasteiger partial charge is 0.481 e. The van der Waals surface area contributed by atoms with Crippen LogP contribution in [0, 0.1) is 23.5 Å². The van der Waals surface area contributed by atoms with Crippen molar-refractivity contribution in [3.63, 3.8) is 0 Å². The van der Waals surface area contributed by atoms with Crippen LogP contribution in [0.15, 0.2) is 36.4 Å². The van der Waals surface area contributed by atoms with Crippen LogP contribution in [0.25, 0.3) is 0 Å². The molecule has 0 amide bonds. The summed E-state index contributed by atoms with van der Waals surface area (Å²) in [5.74, 6) is -4.36. The molecular weight excluding hydrogens is 452 g/mol. The first-order chi connectivity index (χ1) is 15.7. The fourth-order valence-electron chi connectivity index (χ4n) is 5.20. The molecule has 3 aliphatic rings. The fourth-order valence-corrected chi connectivity index (χ4v) is 7.55. The number of nitrogens with zero attached hydrogens (tertiary/aromatic N) is 1. The van der Waals surface area contributed by atoms with E-state index in [1.807, 2.05) is 24.3 Å². The number of benzene rings is 1. The zero-order valence-corrected chi connectivity index (χ0v) is 19.3. The van der Waals surface area contributed by atoms with Crippen molar-refractivity contribution >= 4 is 16.0 Å². The first-order valence-electron chi connectivity index (χ1n) is 11.3. The van der Waals surface area contributed by atoms with Gasteiger partial charge in [-0.3, -0.25) is 4.79 Å². The van der Waals surface area contributed by atoms with Crippen molar-refractivity contribution in [3.8, 4) is 0 Å². The zero-order valence-electron chi connectivity index (χ0n) is 18.5. The molecule has 6 nitrogen and oxygen atoms in total. The molecule has 2 saturated heterocycles. The normalized spacial score (nSPS) is 32.0. The Labute approximate surface area is 193 Å². The number of hydrogen-bond donors (Lipinski definition) is 1. The van der Waals surface area contributed by atoms with Gasteiger partial charge in [0.15, 0.2) is 0 Å². The SMILES string of the molecule is C[C@H]1CC[C@H](C2C=CC=CC2)S(=O)(=O)N1Cc1cc(F)c(C2COCCC2C(=O)O)cc1F. The second-order valence-corrected chi connectivity index (χ2v) is 11.3. The molecule has 2 aliphatic heterocycles. The zero-order chi connectivity index (χ0) is 23.8. The van der Waals surface area contributed by atoms with E-state index in [-0.39, 0.29) is 49.3 Å². The van der Waals surface area contributed by atoms with Gasteiger partial charge in [-0.1, -0.05) is 24.3 Å². The highest BCUT2D eigenvalue weighted by molar-refractivity contribution is 7.89. The van der Waals surface area contributed by atoms with Gasteiger partial charge in [-0.05, 0) is 56.2 Å². The summed E-state index contributed by atoms with van der Waals surface area (Å²) in [4.78, 5) is 11.6. The van der Waals surface area contributed by atoms with Gasteiger partial charge < -0.3 is 9.84 Å². The molecule has 1 N–H and O–H groups in total. The van der Waals surface area contributed by atoms with Crippen LogP contribution < -0.4 is 0 Å². The number of ether oxygens (including phenoxy) is 1. The molecule has 180 valence electrons. The summed E-state index contributed by atoms with van der Waals surface area (Å²) < 4.78 is 63.6. The van der Waals surface area contributed by atoms with Crippen molar-refractivity contribution in [1.82, 2.24) is 4.31 Å². The third-order valence-electron chi connectivity index (χ3n) is 7.13. The van der Waals surface area contributed by atoms with Crippen molar-refractivity contribution in [2.75, 3.05) is 13.2 Å². The number of carboxylic acids is 1. The number of hydrogen-bond acceptors (Lipinski definition) is 4. The number of halogens is 2. The highest BCUT2D eigenvalue weighted by Crippen LogP contribution is 2.37. The molecule has 1 aromatic carbocycles. The number of carboxylic acid groups (broad SMARTS) is 1. The van der Waals surface area contributed by atoms with E-state index < -0.39 is 44.7 Å². The average molecular weight is 482 g/mol. The van der Waals surface area contributed by atoms with Crippen molar-refractivity contribution in [2.24, 2.45) is 11.8 Å². The second kappa shape index (κ2) is 9.64. The lowest BCUT2D eigenvalue weighted by atomic mass is 9.82. The van der Waals surface area contributed by atoms with Crippen molar-refractivity contribution < 1.29 is 31.8 Å². The Balaban J connectivity index is 1.60. The van der Waals surface area contributed by atoms with E-state index in [4.69, 9.17) is 4.74 Å². The van der Waals surface area contributed by atoms with Crippen molar-refractivity contribution in [1.29, 1.82) is 0 Å². The lowest BCUT2D eigenvalue weighted by Crippen LogP contribution is -2.50. The molecule has 5 atom stereocenters. The monoisotopic (exact) mass is 481 g/mol. The molecule has 33 heavy (non-hydrogen) atoms. The molecule has 1 aliphatic carbocycles. The third-order valence-corrected chi connectivity index (χ3v) is 9.62. The Kier molecular flexibility index (Phi) is 7.02. The Morgan fingerprint density at radius 3 is 2.67 bits per heavy atom. The second-order valence-electron chi connectivity index (χ2n) is 9.15. The van der Waals surface area contributed by atoms with Crippen LogP contribution in [-0.4, -0.2) is 48.3 Å². The van der Waals surface area contributed by atoms with Crippen LogP contribution in [0.3, 0.4) is 0 Å². The molecule has 4 rings (SSSR count). The summed E-state index contributed by atoms with van der Waals surface area (Å²) in [7, 11) is -3.73. The van der Waals surface area contributed by atoms with E-state index in [9.17, 15) is 18.3 Å². The van der Waals surface area contributed by atoms with Gasteiger partial charge in [-0.2, -0.15) is 4.31 Å². The number of aliphatic carboxylic acids is 1. The molecule has 0 bridgehead atoms. The molecule has 0 saturated carbocycles. The smallest absolute Gasteiger partial charge is 0.307 e. The summed E-state index contributed by atoms with van der Waals surface area (Å²) in [6.45, 7) is 1.77. The Morgan fingerprint density at radius 2 is 1.97 bits per heavy atom. The quantitative estimate of drug-likeness (QED) is 0.688. The van der Waals surface area contributed by atoms with Gasteiger partial charge in [0.05, 0.1) is 17.8 Å². The Bertz CT molecular complexity index is 1070. The Morgan fingerprint density at radius 1 is 1.18 bits per heavy atom. The average Bonchev–Trinajstić information content (AvgIpc) is 2.79. The van der Waals surface area contributed by atoms with Crippen molar-refractivity contribution in [3.05, 3.63) is 59.2 Å². The predicted octanol–water partition coefficient (Wildman–Crippen LogP) is 3.98. The van der Waals surface area contributed by atoms with Gasteiger partial charge >= 0.3 is 5.97 Å². The van der Waals surface area contributed by atoms with Crippen LogP contribution >= 0.6 is 0 Å². The van der Waals surface area contributed by atoms with Gasteiger partial charge in [0.1, 0.15) is 11.6 Å². The van der Waals surface area contributed by atoms with E-state index in [0.29, 0.717) is 19.3 Å². The van der Waals surface area contributed by atoms with Gasteiger partial charge in [0.25, 0.3) is 0 Å². The van der Waals surface area contributed by atoms with E-state index in [1.165, 1.54) is 4.31 Å². The highest BCUT2D eigenvalue weighted by atomic mass is 32.2. The third kappa shape index (κ3) is 4.76. The van der Waals surface area contributed by atoms with Crippen LogP contribution in [0.1, 0.15) is 49.7 Å². The minimum absolute atomic E-state index is 0.00472. The molecule has 1 aromatic rings. The summed E-state index contributed by atoms with van der Waals surface area (Å²) in [5, 5.41) is 8.87. The van der Waals surface area contributed by atoms with Crippen LogP contribution in [0.2, 0.25) is 0 Å². The maximum atomic E-state index is 15.1. The Hall–Kier alpha value is -2.10. The lowest BCUT2D eigenvalue weighted by molar-refractivity contribution is -0.146. The molecule has 0 radical (unpaired) electrons. The molecular formula is C24H29F2NO5S. The first kappa shape index (κ1) is 24.0. The minimum Gasteiger partial charge on any atom is -0.481 e. The number of allylic oxidation sites excluding steroid dienone is 4. The van der Waals surface area contributed by atoms with Gasteiger partial charge in [0, 0.05) is 30.7 Å². The van der Waals surface area contributed by atoms with Gasteiger partial charge in [-0.15, -0.1) is 0 Å². The topological polar surface area (TPSA) is 83.9 Å². The summed E-state index contributed by atoms with van der Waals surface area (Å²) in [6.07, 6.45) is 9.59. The lowest BCUT2D eigenvalue weighted by Gasteiger charge is -2.40. The predicted molar refractivity (Wildman–Crippen MR) is 119 cm³/mol. The molecule has 2 heterocycles. The van der Waals surface area contributed by atoms with E-state index >= 15 is 8.78 Å². The van der Waals surface area contributed by atoms with E-state index in [2.05, 4.69) is 0 Å². The van der Waals surface area contributed by atoms with Crippen LogP contribution in [0.4, 0.5) is 8.78 Å². The maximum Gasteiger partial charge on any atom is 0.307 e. The highest BCUT2D eigenvalue weighted by Gasteiger charge is 2.43. The number of carbonyl (C=O) groups is 1. The molecule has 0 aromatic heterocycles. The van der Waals surface area contributed by atoms with Crippen LogP contribution in [-0.2, 0) is 26.1 Å². The van der Waals surface area contributed by atoms with E-state index in [0.717, 1.165) is 12.1 Å². The van der Waals surface area contributed by atoms with Gasteiger partial charge in [0.2, 0.25) is 10.0 Å². The van der Waals surface area contributed by atoms with E-state index in [1.54, 1.807) is 6.92 Å². The number of rotatable bonds is 5.